The highest BCUT2D eigenvalue weighted by molar-refractivity contribution is 5.89. The highest BCUT2D eigenvalue weighted by atomic mass is 16.5. The number of rotatable bonds is 15. The molecule has 0 saturated heterocycles. The van der Waals surface area contributed by atoms with Gasteiger partial charge in [0.25, 0.3) is 0 Å². The van der Waals surface area contributed by atoms with Crippen LogP contribution in [0.4, 0.5) is 0 Å². The molecule has 0 aliphatic heterocycles. The van der Waals surface area contributed by atoms with Gasteiger partial charge in [-0.15, -0.1) is 0 Å². The van der Waals surface area contributed by atoms with Crippen molar-refractivity contribution in [2.45, 2.75) is 25.7 Å². The average molecular weight is 371 g/mol. The predicted octanol–water partition coefficient (Wildman–Crippen LogP) is -0.230. The molecule has 0 aromatic heterocycles. The van der Waals surface area contributed by atoms with Gasteiger partial charge in [0.05, 0.1) is 31.8 Å². The zero-order valence-electron chi connectivity index (χ0n) is 15.2. The summed E-state index contributed by atoms with van der Waals surface area (Å²) in [4.78, 5) is 27.8. The summed E-state index contributed by atoms with van der Waals surface area (Å²) in [7, 11) is 1.60. The maximum atomic E-state index is 12.2. The number of nitrogens with zero attached hydrogens (tertiary/aromatic N) is 1. The highest BCUT2D eigenvalue weighted by Gasteiger charge is 2.91. The number of carboxylic acids is 1. The third-order valence-corrected chi connectivity index (χ3v) is 5.46. The lowest BCUT2D eigenvalue weighted by Gasteiger charge is -2.22. The first-order chi connectivity index (χ1) is 12.4. The van der Waals surface area contributed by atoms with Gasteiger partial charge in [-0.3, -0.25) is 14.6 Å². The minimum atomic E-state index is -0.821. The van der Waals surface area contributed by atoms with Crippen molar-refractivity contribution in [1.29, 1.82) is 0 Å². The third-order valence-electron chi connectivity index (χ3n) is 5.46. The van der Waals surface area contributed by atoms with E-state index in [9.17, 15) is 14.7 Å². The van der Waals surface area contributed by atoms with E-state index in [1.165, 1.54) is 0 Å². The minimum absolute atomic E-state index is 0.00331. The van der Waals surface area contributed by atoms with Gasteiger partial charge in [0.2, 0.25) is 0 Å². The number of methoxy groups -OCH3 is 1. The Balaban J connectivity index is 1.69. The van der Waals surface area contributed by atoms with Crippen molar-refractivity contribution in [1.82, 2.24) is 0 Å². The monoisotopic (exact) mass is 371 g/mol. The normalized spacial score (nSPS) is 28.3. The topological polar surface area (TPSA) is 146 Å². The molecule has 0 spiro atoms. The number of carbonyl (C=O) groups is 2. The second-order valence-electron chi connectivity index (χ2n) is 6.97. The molecule has 3 unspecified atom stereocenters. The second kappa shape index (κ2) is 8.79. The Labute approximate surface area is 153 Å². The summed E-state index contributed by atoms with van der Waals surface area (Å²) in [6.07, 6.45) is 2.14. The number of ether oxygens (including phenoxy) is 3. The maximum Gasteiger partial charge on any atom is 0.310 e. The van der Waals surface area contributed by atoms with Crippen LogP contribution in [-0.4, -0.2) is 69.5 Å². The lowest BCUT2D eigenvalue weighted by atomic mass is 9.81. The van der Waals surface area contributed by atoms with Crippen LogP contribution in [0.5, 0.6) is 0 Å². The van der Waals surface area contributed by atoms with Crippen LogP contribution < -0.4 is 11.5 Å². The van der Waals surface area contributed by atoms with Crippen LogP contribution in [0, 0.1) is 16.7 Å². The zero-order valence-corrected chi connectivity index (χ0v) is 15.2. The van der Waals surface area contributed by atoms with Gasteiger partial charge in [-0.25, -0.2) is 0 Å². The number of nitrogens with two attached hydrogens (primary N) is 2. The molecule has 0 bridgehead atoms. The number of guanidine groups is 1. The van der Waals surface area contributed by atoms with Crippen LogP contribution >= 0.6 is 0 Å². The number of aliphatic imine (C=N–C) groups is 1. The number of carbonyl (C=O) groups excluding carboxylic acids is 1. The van der Waals surface area contributed by atoms with Gasteiger partial charge in [-0.1, -0.05) is 0 Å². The fraction of sp³-hybridized carbons (Fsp3) is 0.824. The molecule has 26 heavy (non-hydrogen) atoms. The summed E-state index contributed by atoms with van der Waals surface area (Å²) in [5.41, 5.74) is 9.38. The van der Waals surface area contributed by atoms with Crippen LogP contribution in [0.2, 0.25) is 0 Å². The molecule has 0 amide bonds. The van der Waals surface area contributed by atoms with Crippen LogP contribution in [-0.2, 0) is 23.8 Å². The lowest BCUT2D eigenvalue weighted by molar-refractivity contribution is -0.147. The van der Waals surface area contributed by atoms with Gasteiger partial charge in [0.15, 0.2) is 11.7 Å². The molecule has 9 nitrogen and oxygen atoms in total. The van der Waals surface area contributed by atoms with E-state index < -0.39 is 11.4 Å². The molecule has 0 heterocycles. The molecule has 9 heteroatoms. The van der Waals surface area contributed by atoms with Crippen molar-refractivity contribution >= 4 is 17.7 Å². The third kappa shape index (κ3) is 4.33. The maximum absolute atomic E-state index is 12.2. The number of hydrogen-bond acceptors (Lipinski definition) is 6. The number of fused-ring (bicyclic) bond motifs is 1. The van der Waals surface area contributed by atoms with Gasteiger partial charge < -0.3 is 30.8 Å². The minimum Gasteiger partial charge on any atom is -0.481 e. The Kier molecular flexibility index (Phi) is 6.96. The van der Waals surface area contributed by atoms with E-state index in [-0.39, 0.29) is 36.1 Å². The summed E-state index contributed by atoms with van der Waals surface area (Å²) >= 11 is 0. The SMILES string of the molecule is COCCOCCOCC(=O)CC12CC1C2(CCCN=C(N)N)C(=O)O. The second-order valence-corrected chi connectivity index (χ2v) is 6.97. The summed E-state index contributed by atoms with van der Waals surface area (Å²) in [6, 6.07) is 0. The largest absolute Gasteiger partial charge is 0.481 e. The summed E-state index contributed by atoms with van der Waals surface area (Å²) in [6.45, 7) is 2.12. The van der Waals surface area contributed by atoms with Gasteiger partial charge in [-0.2, -0.15) is 0 Å². The van der Waals surface area contributed by atoms with Crippen LogP contribution in [0.1, 0.15) is 25.7 Å². The Bertz CT molecular complexity index is 551. The average Bonchev–Trinajstić information content (AvgIpc) is 3.41. The van der Waals surface area contributed by atoms with Crippen LogP contribution in [0.15, 0.2) is 4.99 Å². The Hall–Kier alpha value is -1.71. The van der Waals surface area contributed by atoms with Gasteiger partial charge in [0.1, 0.15) is 6.61 Å². The number of carboxylic acid groups (broad SMARTS) is 1. The fourth-order valence-electron chi connectivity index (χ4n) is 4.05. The first-order valence-corrected chi connectivity index (χ1v) is 8.85. The Morgan fingerprint density at radius 2 is 1.88 bits per heavy atom. The number of hydrogen-bond donors (Lipinski definition) is 3. The van der Waals surface area contributed by atoms with Crippen LogP contribution in [0.3, 0.4) is 0 Å². The molecular formula is C17H29N3O6. The molecule has 2 fully saturated rings. The number of Topliss-reactive ketones (excluding diaryl/α,β-unsaturated/α-hetero) is 1. The summed E-state index contributed by atoms with van der Waals surface area (Å²) in [5, 5.41) is 9.65. The molecule has 2 aliphatic carbocycles. The number of ketones is 1. The molecule has 5 N–H and O–H groups in total. The van der Waals surface area contributed by atoms with Gasteiger partial charge in [0, 0.05) is 20.1 Å². The molecule has 0 aromatic rings. The number of aliphatic carboxylic acids is 1. The smallest absolute Gasteiger partial charge is 0.310 e. The fourth-order valence-corrected chi connectivity index (χ4v) is 4.05. The van der Waals surface area contributed by atoms with E-state index in [4.69, 9.17) is 25.7 Å². The zero-order chi connectivity index (χ0) is 19.2. The standard InChI is InChI=1S/C17H29N3O6/c1-24-5-6-25-7-8-26-11-12(21)9-16-10-13(16)17(16,14(22)23)3-2-4-20-15(18)19/h13H,2-11H2,1H3,(H,22,23)(H4,18,19,20). The molecule has 2 saturated carbocycles. The van der Waals surface area contributed by atoms with E-state index in [0.717, 1.165) is 6.42 Å². The van der Waals surface area contributed by atoms with Gasteiger partial charge >= 0.3 is 5.97 Å². The molecule has 0 radical (unpaired) electrons. The van der Waals surface area contributed by atoms with E-state index in [1.807, 2.05) is 0 Å². The molecule has 3 atom stereocenters. The predicted molar refractivity (Wildman–Crippen MR) is 93.7 cm³/mol. The molecule has 2 aliphatic rings. The Morgan fingerprint density at radius 3 is 2.50 bits per heavy atom. The quantitative estimate of drug-likeness (QED) is 0.203. The highest BCUT2D eigenvalue weighted by Crippen LogP contribution is 2.90. The lowest BCUT2D eigenvalue weighted by Crippen LogP contribution is -2.30. The first-order valence-electron chi connectivity index (χ1n) is 8.85. The van der Waals surface area contributed by atoms with Crippen molar-refractivity contribution in [3.63, 3.8) is 0 Å². The van der Waals surface area contributed by atoms with E-state index in [2.05, 4.69) is 4.99 Å². The van der Waals surface area contributed by atoms with E-state index >= 15 is 0 Å². The van der Waals surface area contributed by atoms with E-state index in [1.54, 1.807) is 7.11 Å². The van der Waals surface area contributed by atoms with Crippen molar-refractivity contribution < 1.29 is 28.9 Å². The van der Waals surface area contributed by atoms with Crippen molar-refractivity contribution in [3.8, 4) is 0 Å². The van der Waals surface area contributed by atoms with Gasteiger partial charge in [-0.05, 0) is 30.6 Å². The van der Waals surface area contributed by atoms with Crippen molar-refractivity contribution in [2.24, 2.45) is 33.2 Å². The molecule has 2 rings (SSSR count). The molecular weight excluding hydrogens is 342 g/mol. The van der Waals surface area contributed by atoms with Crippen LogP contribution in [0.25, 0.3) is 0 Å². The Morgan fingerprint density at radius 1 is 1.19 bits per heavy atom. The van der Waals surface area contributed by atoms with E-state index in [0.29, 0.717) is 45.8 Å². The van der Waals surface area contributed by atoms with Crippen molar-refractivity contribution in [3.05, 3.63) is 0 Å². The molecule has 148 valence electrons. The molecule has 0 aromatic carbocycles. The summed E-state index contributed by atoms with van der Waals surface area (Å²) < 4.78 is 15.4. The first kappa shape index (κ1) is 20.6. The summed E-state index contributed by atoms with van der Waals surface area (Å²) in [5.74, 6) is -0.785. The van der Waals surface area contributed by atoms with Crippen molar-refractivity contribution in [2.75, 3.05) is 46.7 Å².